The number of para-hydroxylation sites is 1. The summed E-state index contributed by atoms with van der Waals surface area (Å²) < 4.78 is 5.18. The molecule has 3 aromatic rings. The molecule has 9 heteroatoms. The van der Waals surface area contributed by atoms with E-state index in [1.165, 1.54) is 5.01 Å². The average molecular weight is 410 g/mol. The molecule has 1 aliphatic rings. The van der Waals surface area contributed by atoms with E-state index in [1.54, 1.807) is 42.5 Å². The lowest BCUT2D eigenvalue weighted by molar-refractivity contribution is -0.119. The van der Waals surface area contributed by atoms with Crippen molar-refractivity contribution in [3.05, 3.63) is 65.5 Å². The number of hydrogen-bond acceptors (Lipinski definition) is 6. The molecule has 0 aliphatic carbocycles. The van der Waals surface area contributed by atoms with Crippen LogP contribution in [0.25, 0.3) is 11.4 Å². The quantitative estimate of drug-likeness (QED) is 0.697. The van der Waals surface area contributed by atoms with E-state index in [4.69, 9.17) is 16.1 Å². The first-order valence-electron chi connectivity index (χ1n) is 8.92. The second-order valence-electron chi connectivity index (χ2n) is 6.29. The van der Waals surface area contributed by atoms with Crippen LogP contribution in [0.4, 0.5) is 5.69 Å². The highest BCUT2D eigenvalue weighted by atomic mass is 35.5. The smallest absolute Gasteiger partial charge is 0.267 e. The van der Waals surface area contributed by atoms with Crippen molar-refractivity contribution in [3.63, 3.8) is 0 Å². The van der Waals surface area contributed by atoms with Crippen molar-refractivity contribution >= 4 is 34.8 Å². The number of aromatic nitrogens is 2. The van der Waals surface area contributed by atoms with E-state index in [9.17, 15) is 9.59 Å². The fourth-order valence-electron chi connectivity index (χ4n) is 2.82. The molecule has 2 heterocycles. The molecule has 1 N–H and O–H groups in total. The number of carbonyl (C=O) groups excluding carboxylic acids is 2. The molecule has 0 spiro atoms. The third-order valence-corrected chi connectivity index (χ3v) is 4.48. The van der Waals surface area contributed by atoms with Crippen molar-refractivity contribution in [1.29, 1.82) is 0 Å². The molecule has 0 saturated heterocycles. The van der Waals surface area contributed by atoms with Crippen LogP contribution in [0.1, 0.15) is 18.7 Å². The number of carbonyl (C=O) groups is 2. The minimum Gasteiger partial charge on any atom is -0.342 e. The summed E-state index contributed by atoms with van der Waals surface area (Å²) in [5.74, 6) is 0.0880. The Kier molecular flexibility index (Phi) is 5.35. The monoisotopic (exact) mass is 409 g/mol. The molecule has 0 saturated carbocycles. The molecule has 1 aromatic heterocycles. The van der Waals surface area contributed by atoms with Gasteiger partial charge in [-0.05, 0) is 24.3 Å². The van der Waals surface area contributed by atoms with E-state index in [0.717, 1.165) is 0 Å². The van der Waals surface area contributed by atoms with Crippen LogP contribution >= 0.6 is 11.6 Å². The van der Waals surface area contributed by atoms with Crippen LogP contribution in [0.15, 0.2) is 64.2 Å². The zero-order valence-electron chi connectivity index (χ0n) is 15.2. The number of anilines is 1. The topological polar surface area (TPSA) is 101 Å². The van der Waals surface area contributed by atoms with Gasteiger partial charge in [0.15, 0.2) is 0 Å². The van der Waals surface area contributed by atoms with Gasteiger partial charge in [-0.15, -0.1) is 0 Å². The lowest BCUT2D eigenvalue weighted by Gasteiger charge is -2.22. The minimum atomic E-state index is -0.388. The van der Waals surface area contributed by atoms with Crippen molar-refractivity contribution < 1.29 is 14.1 Å². The number of hydrogen-bond donors (Lipinski definition) is 1. The standard InChI is InChI=1S/C20H16ClN5O3/c21-14-6-4-5-13(11-14)19-23-17(29-25-19)12-22-20(28)16-9-10-18(27)26(24-16)15-7-2-1-3-8-15/h1-8,11H,9-10,12H2,(H,22,28). The Bertz CT molecular complexity index is 1080. The Hall–Kier alpha value is -3.52. The second-order valence-corrected chi connectivity index (χ2v) is 6.73. The van der Waals surface area contributed by atoms with Gasteiger partial charge in [-0.25, -0.2) is 5.01 Å². The van der Waals surface area contributed by atoms with Gasteiger partial charge in [0.25, 0.3) is 5.91 Å². The number of benzene rings is 2. The third kappa shape index (κ3) is 4.33. The summed E-state index contributed by atoms with van der Waals surface area (Å²) in [6.07, 6.45) is 0.478. The number of hydrazone groups is 1. The van der Waals surface area contributed by atoms with E-state index in [0.29, 0.717) is 22.1 Å². The zero-order valence-corrected chi connectivity index (χ0v) is 16.0. The van der Waals surface area contributed by atoms with Crippen LogP contribution in [-0.2, 0) is 16.1 Å². The average Bonchev–Trinajstić information content (AvgIpc) is 3.22. The van der Waals surface area contributed by atoms with Gasteiger partial charge in [-0.1, -0.05) is 47.1 Å². The highest BCUT2D eigenvalue weighted by Gasteiger charge is 2.25. The van der Waals surface area contributed by atoms with Crippen molar-refractivity contribution in [2.24, 2.45) is 5.10 Å². The molecule has 0 unspecified atom stereocenters. The predicted octanol–water partition coefficient (Wildman–Crippen LogP) is 3.19. The summed E-state index contributed by atoms with van der Waals surface area (Å²) in [6, 6.07) is 16.1. The van der Waals surface area contributed by atoms with Gasteiger partial charge in [-0.3, -0.25) is 9.59 Å². The maximum absolute atomic E-state index is 12.5. The molecule has 1 aliphatic heterocycles. The zero-order chi connectivity index (χ0) is 20.2. The Labute approximate surface area is 171 Å². The highest BCUT2D eigenvalue weighted by molar-refractivity contribution is 6.40. The van der Waals surface area contributed by atoms with Gasteiger partial charge < -0.3 is 9.84 Å². The Morgan fingerprint density at radius 2 is 1.97 bits per heavy atom. The third-order valence-electron chi connectivity index (χ3n) is 4.25. The first kappa shape index (κ1) is 18.8. The number of nitrogens with one attached hydrogen (secondary N) is 1. The molecule has 0 atom stereocenters. The molecule has 2 amide bonds. The van der Waals surface area contributed by atoms with Gasteiger partial charge >= 0.3 is 0 Å². The van der Waals surface area contributed by atoms with E-state index in [2.05, 4.69) is 20.6 Å². The largest absolute Gasteiger partial charge is 0.342 e. The van der Waals surface area contributed by atoms with E-state index in [1.807, 2.05) is 12.1 Å². The van der Waals surface area contributed by atoms with Crippen molar-refractivity contribution in [3.8, 4) is 11.4 Å². The lowest BCUT2D eigenvalue weighted by atomic mass is 10.1. The van der Waals surface area contributed by atoms with Crippen LogP contribution in [0.2, 0.25) is 5.02 Å². The molecule has 0 fully saturated rings. The van der Waals surface area contributed by atoms with Gasteiger partial charge in [-0.2, -0.15) is 10.1 Å². The van der Waals surface area contributed by atoms with Crippen LogP contribution in [0.5, 0.6) is 0 Å². The highest BCUT2D eigenvalue weighted by Crippen LogP contribution is 2.21. The molecule has 0 bridgehead atoms. The van der Waals surface area contributed by atoms with Crippen molar-refractivity contribution in [1.82, 2.24) is 15.5 Å². The summed E-state index contributed by atoms with van der Waals surface area (Å²) in [7, 11) is 0. The maximum Gasteiger partial charge on any atom is 0.267 e. The predicted molar refractivity (Wildman–Crippen MR) is 107 cm³/mol. The summed E-state index contributed by atoms with van der Waals surface area (Å²) in [5, 5.41) is 12.6. The first-order chi connectivity index (χ1) is 14.1. The molecule has 8 nitrogen and oxygen atoms in total. The summed E-state index contributed by atoms with van der Waals surface area (Å²) in [6.45, 7) is 0.0463. The molecule has 4 rings (SSSR count). The molecule has 0 radical (unpaired) electrons. The maximum atomic E-state index is 12.5. The lowest BCUT2D eigenvalue weighted by Crippen LogP contribution is -2.38. The Balaban J connectivity index is 1.43. The summed E-state index contributed by atoms with van der Waals surface area (Å²) in [4.78, 5) is 28.9. The molecular weight excluding hydrogens is 394 g/mol. The van der Waals surface area contributed by atoms with Gasteiger partial charge in [0, 0.05) is 23.4 Å². The van der Waals surface area contributed by atoms with E-state index in [-0.39, 0.29) is 42.8 Å². The fraction of sp³-hybridized carbons (Fsp3) is 0.150. The second kappa shape index (κ2) is 8.24. The number of nitrogens with zero attached hydrogens (tertiary/aromatic N) is 4. The minimum absolute atomic E-state index is 0.0463. The van der Waals surface area contributed by atoms with Gasteiger partial charge in [0.1, 0.15) is 5.71 Å². The number of amides is 2. The van der Waals surface area contributed by atoms with E-state index < -0.39 is 0 Å². The molecule has 2 aromatic carbocycles. The summed E-state index contributed by atoms with van der Waals surface area (Å²) >= 11 is 5.97. The summed E-state index contributed by atoms with van der Waals surface area (Å²) in [5.41, 5.74) is 1.60. The van der Waals surface area contributed by atoms with Gasteiger partial charge in [0.05, 0.1) is 12.2 Å². The SMILES string of the molecule is O=C(NCc1nc(-c2cccc(Cl)c2)no1)C1=NN(c2ccccc2)C(=O)CC1. The molecular formula is C20H16ClN5O3. The normalized spacial score (nSPS) is 13.9. The first-order valence-corrected chi connectivity index (χ1v) is 9.30. The van der Waals surface area contributed by atoms with E-state index >= 15 is 0 Å². The van der Waals surface area contributed by atoms with Crippen molar-refractivity contribution in [2.45, 2.75) is 19.4 Å². The Morgan fingerprint density at radius 3 is 2.76 bits per heavy atom. The van der Waals surface area contributed by atoms with Crippen LogP contribution in [0, 0.1) is 0 Å². The number of rotatable bonds is 5. The molecule has 146 valence electrons. The van der Waals surface area contributed by atoms with Gasteiger partial charge in [0.2, 0.25) is 17.6 Å². The van der Waals surface area contributed by atoms with Crippen LogP contribution < -0.4 is 10.3 Å². The van der Waals surface area contributed by atoms with Crippen molar-refractivity contribution in [2.75, 3.05) is 5.01 Å². The Morgan fingerprint density at radius 1 is 1.14 bits per heavy atom. The molecule has 29 heavy (non-hydrogen) atoms. The fourth-order valence-corrected chi connectivity index (χ4v) is 3.01. The number of halogens is 1. The van der Waals surface area contributed by atoms with Crippen LogP contribution in [0.3, 0.4) is 0 Å². The van der Waals surface area contributed by atoms with Crippen LogP contribution in [-0.4, -0.2) is 27.7 Å².